The molecule has 0 heterocycles. The maximum absolute atomic E-state index is 13.8. The highest BCUT2D eigenvalue weighted by molar-refractivity contribution is 5.89. The lowest BCUT2D eigenvalue weighted by Gasteiger charge is -2.58. The number of hydrogen-bond acceptors (Lipinski definition) is 5. The number of hydrogen-bond donors (Lipinski definition) is 2. The van der Waals surface area contributed by atoms with E-state index in [0.29, 0.717) is 24.2 Å². The Morgan fingerprint density at radius 2 is 2.03 bits per heavy atom. The summed E-state index contributed by atoms with van der Waals surface area (Å²) >= 11 is 0. The molecule has 0 saturated heterocycles. The van der Waals surface area contributed by atoms with Crippen LogP contribution in [0, 0.1) is 34.5 Å². The molecule has 0 aromatic rings. The molecule has 3 saturated carbocycles. The highest BCUT2D eigenvalue weighted by atomic mass is 16.5. The van der Waals surface area contributed by atoms with E-state index in [1.165, 1.54) is 6.08 Å². The summed E-state index contributed by atoms with van der Waals surface area (Å²) in [6.45, 7) is 7.10. The molecule has 0 aromatic heterocycles. The summed E-state index contributed by atoms with van der Waals surface area (Å²) in [5, 5.41) is 10.1. The van der Waals surface area contributed by atoms with Gasteiger partial charge in [-0.1, -0.05) is 26.8 Å². The van der Waals surface area contributed by atoms with Crippen molar-refractivity contribution >= 4 is 11.8 Å². The van der Waals surface area contributed by atoms with Crippen LogP contribution in [0.1, 0.15) is 72.1 Å². The van der Waals surface area contributed by atoms with Crippen molar-refractivity contribution in [3.05, 3.63) is 12.2 Å². The zero-order valence-corrected chi connectivity index (χ0v) is 18.4. The Morgan fingerprint density at radius 1 is 1.28 bits per heavy atom. The monoisotopic (exact) mass is 405 g/mol. The predicted molar refractivity (Wildman–Crippen MR) is 113 cm³/mol. The van der Waals surface area contributed by atoms with Gasteiger partial charge in [0.2, 0.25) is 0 Å². The molecule has 3 aliphatic carbocycles. The van der Waals surface area contributed by atoms with Crippen molar-refractivity contribution in [3.63, 3.8) is 0 Å². The minimum atomic E-state index is -0.419. The Labute approximate surface area is 175 Å². The number of nitrogens with two attached hydrogens (primary N) is 1. The van der Waals surface area contributed by atoms with E-state index >= 15 is 0 Å². The fourth-order valence-electron chi connectivity index (χ4n) is 6.79. The molecule has 3 aliphatic rings. The molecule has 5 heteroatoms. The van der Waals surface area contributed by atoms with E-state index in [-0.39, 0.29) is 35.9 Å². The van der Waals surface area contributed by atoms with Crippen molar-refractivity contribution in [3.8, 4) is 0 Å². The van der Waals surface area contributed by atoms with E-state index in [1.54, 1.807) is 0 Å². The number of Topliss-reactive ketones (excluding diaryl/α,β-unsaturated/α-hetero) is 1. The van der Waals surface area contributed by atoms with E-state index in [1.807, 2.05) is 6.08 Å². The summed E-state index contributed by atoms with van der Waals surface area (Å²) in [6, 6.07) is 0. The van der Waals surface area contributed by atoms with Crippen molar-refractivity contribution in [2.45, 2.75) is 78.2 Å². The van der Waals surface area contributed by atoms with Gasteiger partial charge in [0.15, 0.2) is 0 Å². The van der Waals surface area contributed by atoms with Gasteiger partial charge >= 0.3 is 5.97 Å². The van der Waals surface area contributed by atoms with Crippen molar-refractivity contribution in [2.24, 2.45) is 40.2 Å². The molecule has 164 valence electrons. The van der Waals surface area contributed by atoms with Crippen molar-refractivity contribution < 1.29 is 19.4 Å². The average Bonchev–Trinajstić information content (AvgIpc) is 2.70. The molecule has 3 rings (SSSR count). The summed E-state index contributed by atoms with van der Waals surface area (Å²) < 4.78 is 5.04. The van der Waals surface area contributed by atoms with Gasteiger partial charge < -0.3 is 15.6 Å². The number of allylic oxidation sites excluding steroid dienone is 1. The molecular formula is C24H39NO4. The first-order chi connectivity index (χ1) is 13.8. The topological polar surface area (TPSA) is 89.6 Å². The first-order valence-electron chi connectivity index (χ1n) is 11.5. The first-order valence-corrected chi connectivity index (χ1v) is 11.5. The third-order valence-electron chi connectivity index (χ3n) is 8.62. The van der Waals surface area contributed by atoms with Crippen molar-refractivity contribution in [1.82, 2.24) is 0 Å². The Kier molecular flexibility index (Phi) is 6.89. The number of esters is 1. The SMILES string of the molecule is CC[C@@H](/C=C/C(=O)OCCN)[C@@]1(C)CCC2C(CC[C@@H]3C[C@@H](O)CC[C@]23C)C1=O. The average molecular weight is 406 g/mol. The number of carbonyl (C=O) groups excluding carboxylic acids is 2. The molecule has 3 N–H and O–H groups in total. The van der Waals surface area contributed by atoms with Crippen LogP contribution in [0.5, 0.6) is 0 Å². The Morgan fingerprint density at radius 3 is 2.72 bits per heavy atom. The van der Waals surface area contributed by atoms with Crippen LogP contribution in [-0.2, 0) is 14.3 Å². The molecule has 0 aromatic carbocycles. The van der Waals surface area contributed by atoms with Gasteiger partial charge in [-0.2, -0.15) is 0 Å². The van der Waals surface area contributed by atoms with Crippen molar-refractivity contribution in [2.75, 3.05) is 13.2 Å². The maximum Gasteiger partial charge on any atom is 0.330 e. The van der Waals surface area contributed by atoms with Crippen LogP contribution < -0.4 is 5.73 Å². The lowest BCUT2D eigenvalue weighted by molar-refractivity contribution is -0.156. The zero-order chi connectivity index (χ0) is 21.2. The summed E-state index contributed by atoms with van der Waals surface area (Å²) in [4.78, 5) is 25.6. The minimum Gasteiger partial charge on any atom is -0.461 e. The van der Waals surface area contributed by atoms with E-state index in [4.69, 9.17) is 10.5 Å². The van der Waals surface area contributed by atoms with Crippen molar-refractivity contribution in [1.29, 1.82) is 0 Å². The summed E-state index contributed by atoms with van der Waals surface area (Å²) in [5.74, 6) is 1.16. The standard InChI is InChI=1S/C24H39NO4/c1-4-16(6-8-21(27)29-14-13-25)24(3)12-10-20-19(22(24)28)7-5-17-15-18(26)9-11-23(17,20)2/h6,8,16-20,26H,4-5,7,9-15,25H2,1-3H3/b8-6+/t16-,17+,18-,19?,20?,23-,24+/m0/s1. The molecule has 0 spiro atoms. The van der Waals surface area contributed by atoms with Gasteiger partial charge in [0.25, 0.3) is 0 Å². The molecule has 3 fully saturated rings. The van der Waals surface area contributed by atoms with Crippen LogP contribution >= 0.6 is 0 Å². The first kappa shape index (κ1) is 22.5. The Bertz CT molecular complexity index is 647. The molecule has 0 aliphatic heterocycles. The van der Waals surface area contributed by atoms with Gasteiger partial charge in [-0.3, -0.25) is 4.79 Å². The lowest BCUT2D eigenvalue weighted by Crippen LogP contribution is -2.55. The van der Waals surface area contributed by atoms with Crippen LogP contribution in [0.4, 0.5) is 0 Å². The molecule has 7 atom stereocenters. The number of aliphatic hydroxyl groups excluding tert-OH is 1. The highest BCUT2D eigenvalue weighted by Crippen LogP contribution is 2.61. The summed E-state index contributed by atoms with van der Waals surface area (Å²) in [5.41, 5.74) is 5.15. The van der Waals surface area contributed by atoms with Gasteiger partial charge in [0, 0.05) is 24.0 Å². The zero-order valence-electron chi connectivity index (χ0n) is 18.4. The number of aliphatic hydroxyl groups is 1. The molecule has 2 unspecified atom stereocenters. The third kappa shape index (κ3) is 4.18. The normalized spacial score (nSPS) is 40.9. The quantitative estimate of drug-likeness (QED) is 0.520. The van der Waals surface area contributed by atoms with E-state index < -0.39 is 5.41 Å². The van der Waals surface area contributed by atoms with Gasteiger partial charge in [0.1, 0.15) is 12.4 Å². The second kappa shape index (κ2) is 8.89. The minimum absolute atomic E-state index is 0.0417. The van der Waals surface area contributed by atoms with Crippen LogP contribution in [0.2, 0.25) is 0 Å². The number of fused-ring (bicyclic) bond motifs is 3. The summed E-state index contributed by atoms with van der Waals surface area (Å²) in [6.07, 6.45) is 10.8. The van der Waals surface area contributed by atoms with E-state index in [0.717, 1.165) is 51.4 Å². The third-order valence-corrected chi connectivity index (χ3v) is 8.62. The number of ketones is 1. The number of ether oxygens (including phenoxy) is 1. The summed E-state index contributed by atoms with van der Waals surface area (Å²) in [7, 11) is 0. The van der Waals surface area contributed by atoms with Gasteiger partial charge in [-0.25, -0.2) is 4.79 Å². The second-order valence-electron chi connectivity index (χ2n) is 10.1. The fourth-order valence-corrected chi connectivity index (χ4v) is 6.79. The molecule has 29 heavy (non-hydrogen) atoms. The number of carbonyl (C=O) groups is 2. The maximum atomic E-state index is 13.8. The molecule has 0 radical (unpaired) electrons. The smallest absolute Gasteiger partial charge is 0.330 e. The van der Waals surface area contributed by atoms with Gasteiger partial charge in [-0.15, -0.1) is 0 Å². The van der Waals surface area contributed by atoms with Crippen LogP contribution in [-0.4, -0.2) is 36.1 Å². The molecule has 0 bridgehead atoms. The van der Waals surface area contributed by atoms with Crippen LogP contribution in [0.25, 0.3) is 0 Å². The van der Waals surface area contributed by atoms with Crippen LogP contribution in [0.15, 0.2) is 12.2 Å². The largest absolute Gasteiger partial charge is 0.461 e. The van der Waals surface area contributed by atoms with Crippen LogP contribution in [0.3, 0.4) is 0 Å². The Hall–Kier alpha value is -1.20. The highest BCUT2D eigenvalue weighted by Gasteiger charge is 2.57. The molecule has 0 amide bonds. The molecule has 5 nitrogen and oxygen atoms in total. The fraction of sp³-hybridized carbons (Fsp3) is 0.833. The number of rotatable bonds is 6. The Balaban J connectivity index is 1.75. The lowest BCUT2D eigenvalue weighted by atomic mass is 9.46. The molecular weight excluding hydrogens is 366 g/mol. The predicted octanol–water partition coefficient (Wildman–Crippen LogP) is 3.63. The van der Waals surface area contributed by atoms with Gasteiger partial charge in [0.05, 0.1) is 6.10 Å². The van der Waals surface area contributed by atoms with E-state index in [2.05, 4.69) is 20.8 Å². The van der Waals surface area contributed by atoms with E-state index in [9.17, 15) is 14.7 Å². The second-order valence-corrected chi connectivity index (χ2v) is 10.1. The van der Waals surface area contributed by atoms with Gasteiger partial charge in [-0.05, 0) is 74.5 Å².